The van der Waals surface area contributed by atoms with Crippen LogP contribution in [0.1, 0.15) is 12.8 Å². The van der Waals surface area contributed by atoms with Crippen molar-refractivity contribution < 1.29 is 24.2 Å². The molecular formula is C6H9NO5. The normalized spacial score (nSPS) is 11.8. The van der Waals surface area contributed by atoms with Crippen molar-refractivity contribution in [3.8, 4) is 0 Å². The minimum Gasteiger partial charge on any atom is -0.481 e. The van der Waals surface area contributed by atoms with E-state index in [0.29, 0.717) is 0 Å². The van der Waals surface area contributed by atoms with Crippen LogP contribution in [0.25, 0.3) is 0 Å². The fourth-order valence-electron chi connectivity index (χ4n) is 0.532. The maximum atomic E-state index is 10.6. The van der Waals surface area contributed by atoms with Crippen LogP contribution >= 0.6 is 0 Å². The first kappa shape index (κ1) is 10.6. The molecule has 0 saturated heterocycles. The third kappa shape index (κ3) is 4.40. The van der Waals surface area contributed by atoms with E-state index in [1.165, 1.54) is 0 Å². The Morgan fingerprint density at radius 3 is 2.58 bits per heavy atom. The predicted molar refractivity (Wildman–Crippen MR) is 37.0 cm³/mol. The largest absolute Gasteiger partial charge is 0.481 e. The molecule has 1 atom stereocenters. The molecule has 0 aromatic carbocycles. The van der Waals surface area contributed by atoms with Gasteiger partial charge in [0.1, 0.15) is 6.04 Å². The van der Waals surface area contributed by atoms with Gasteiger partial charge in [-0.05, 0) is 6.42 Å². The van der Waals surface area contributed by atoms with Crippen LogP contribution in [0.4, 0.5) is 0 Å². The number of aliphatic carboxylic acids is 1. The number of carbonyl (C=O) groups is 3. The molecule has 0 rings (SSSR count). The second-order valence-corrected chi connectivity index (χ2v) is 2.07. The zero-order valence-corrected chi connectivity index (χ0v) is 6.23. The van der Waals surface area contributed by atoms with Crippen LogP contribution in [0.5, 0.6) is 0 Å². The molecule has 3 N–H and O–H groups in total. The number of nitrogens with two attached hydrogens (primary N) is 1. The molecule has 0 aliphatic rings. The van der Waals surface area contributed by atoms with E-state index in [0.717, 1.165) is 0 Å². The predicted octanol–water partition coefficient (Wildman–Crippen LogP) is -1.12. The lowest BCUT2D eigenvalue weighted by Crippen LogP contribution is -2.32. The number of hydrogen-bond donors (Lipinski definition) is 2. The average Bonchev–Trinajstić information content (AvgIpc) is 2.00. The summed E-state index contributed by atoms with van der Waals surface area (Å²) in [7, 11) is 0. The molecule has 0 aliphatic heterocycles. The van der Waals surface area contributed by atoms with Crippen LogP contribution in [-0.4, -0.2) is 29.6 Å². The Kier molecular flexibility index (Phi) is 4.62. The van der Waals surface area contributed by atoms with Gasteiger partial charge in [0.25, 0.3) is 0 Å². The Labute approximate surface area is 68.3 Å². The Morgan fingerprint density at radius 2 is 2.17 bits per heavy atom. The summed E-state index contributed by atoms with van der Waals surface area (Å²) in [6.45, 7) is -0.0387. The lowest BCUT2D eigenvalue weighted by molar-refractivity contribution is -0.152. The summed E-state index contributed by atoms with van der Waals surface area (Å²) < 4.78 is 3.90. The molecule has 0 heterocycles. The minimum atomic E-state index is -1.05. The minimum absolute atomic E-state index is 0.0387. The third-order valence-electron chi connectivity index (χ3n) is 1.14. The summed E-state index contributed by atoms with van der Waals surface area (Å²) in [5.41, 5.74) is 5.15. The average molecular weight is 175 g/mol. The highest BCUT2D eigenvalue weighted by atomic mass is 16.6. The standard InChI is InChI=1S/C6H9NO5/c7-4(1-2-5(9)10)6(11)12-3-8/h3-4H,1-2,7H2,(H,9,10)/t4-/m0/s1. The first-order valence-corrected chi connectivity index (χ1v) is 3.19. The smallest absolute Gasteiger partial charge is 0.330 e. The van der Waals surface area contributed by atoms with E-state index in [-0.39, 0.29) is 19.3 Å². The van der Waals surface area contributed by atoms with E-state index >= 15 is 0 Å². The van der Waals surface area contributed by atoms with Gasteiger partial charge in [0.05, 0.1) is 0 Å². The van der Waals surface area contributed by atoms with Crippen LogP contribution in [0, 0.1) is 0 Å². The van der Waals surface area contributed by atoms with Crippen LogP contribution in [-0.2, 0) is 19.1 Å². The number of hydrogen-bond acceptors (Lipinski definition) is 5. The van der Waals surface area contributed by atoms with E-state index < -0.39 is 18.0 Å². The SMILES string of the molecule is N[C@@H](CCC(=O)O)C(=O)OC=O. The Balaban J connectivity index is 3.70. The second kappa shape index (κ2) is 5.25. The van der Waals surface area contributed by atoms with Gasteiger partial charge in [-0.15, -0.1) is 0 Å². The molecule has 6 nitrogen and oxygen atoms in total. The summed E-state index contributed by atoms with van der Waals surface area (Å²) in [4.78, 5) is 30.2. The summed E-state index contributed by atoms with van der Waals surface area (Å²) in [6, 6.07) is -1.05. The van der Waals surface area contributed by atoms with Crippen molar-refractivity contribution in [1.82, 2.24) is 0 Å². The summed E-state index contributed by atoms with van der Waals surface area (Å²) in [5, 5.41) is 8.20. The van der Waals surface area contributed by atoms with E-state index in [4.69, 9.17) is 10.8 Å². The number of esters is 1. The van der Waals surface area contributed by atoms with Crippen molar-refractivity contribution in [3.63, 3.8) is 0 Å². The molecule has 0 saturated carbocycles. The first-order chi connectivity index (χ1) is 5.57. The molecule has 0 aliphatic carbocycles. The Morgan fingerprint density at radius 1 is 1.58 bits per heavy atom. The number of carbonyl (C=O) groups excluding carboxylic acids is 2. The van der Waals surface area contributed by atoms with Gasteiger partial charge in [-0.2, -0.15) is 0 Å². The van der Waals surface area contributed by atoms with Gasteiger partial charge in [-0.3, -0.25) is 9.59 Å². The first-order valence-electron chi connectivity index (χ1n) is 3.19. The number of carboxylic acid groups (broad SMARTS) is 1. The summed E-state index contributed by atoms with van der Waals surface area (Å²) in [5.74, 6) is -1.96. The molecule has 0 amide bonds. The highest BCUT2D eigenvalue weighted by molar-refractivity contribution is 5.81. The molecule has 0 unspecified atom stereocenters. The maximum Gasteiger partial charge on any atom is 0.330 e. The zero-order valence-electron chi connectivity index (χ0n) is 6.23. The number of carboxylic acids is 1. The molecule has 0 aromatic rings. The summed E-state index contributed by atoms with van der Waals surface area (Å²) in [6.07, 6.45) is -0.267. The zero-order chi connectivity index (χ0) is 9.56. The van der Waals surface area contributed by atoms with Gasteiger partial charge in [0, 0.05) is 6.42 Å². The van der Waals surface area contributed by atoms with Crippen LogP contribution < -0.4 is 5.73 Å². The monoisotopic (exact) mass is 175 g/mol. The van der Waals surface area contributed by atoms with E-state index in [1.807, 2.05) is 0 Å². The van der Waals surface area contributed by atoms with Gasteiger partial charge in [-0.25, -0.2) is 4.79 Å². The van der Waals surface area contributed by atoms with Crippen molar-refractivity contribution in [1.29, 1.82) is 0 Å². The molecule has 12 heavy (non-hydrogen) atoms. The van der Waals surface area contributed by atoms with E-state index in [1.54, 1.807) is 0 Å². The highest BCUT2D eigenvalue weighted by Gasteiger charge is 2.15. The fraction of sp³-hybridized carbons (Fsp3) is 0.500. The molecule has 68 valence electrons. The molecule has 0 bridgehead atoms. The second-order valence-electron chi connectivity index (χ2n) is 2.07. The van der Waals surface area contributed by atoms with Crippen molar-refractivity contribution in [2.45, 2.75) is 18.9 Å². The molecule has 0 radical (unpaired) electrons. The van der Waals surface area contributed by atoms with Crippen molar-refractivity contribution in [2.24, 2.45) is 5.73 Å². The van der Waals surface area contributed by atoms with E-state index in [9.17, 15) is 14.4 Å². The van der Waals surface area contributed by atoms with E-state index in [2.05, 4.69) is 4.74 Å². The topological polar surface area (TPSA) is 107 Å². The summed E-state index contributed by atoms with van der Waals surface area (Å²) >= 11 is 0. The van der Waals surface area contributed by atoms with Gasteiger partial charge in [0.15, 0.2) is 0 Å². The molecule has 0 spiro atoms. The fourth-order valence-corrected chi connectivity index (χ4v) is 0.532. The lowest BCUT2D eigenvalue weighted by Gasteiger charge is -2.04. The van der Waals surface area contributed by atoms with Crippen molar-refractivity contribution >= 4 is 18.4 Å². The van der Waals surface area contributed by atoms with Crippen LogP contribution in [0.2, 0.25) is 0 Å². The Bertz CT molecular complexity index is 190. The van der Waals surface area contributed by atoms with Crippen molar-refractivity contribution in [3.05, 3.63) is 0 Å². The lowest BCUT2D eigenvalue weighted by atomic mass is 10.2. The van der Waals surface area contributed by atoms with Gasteiger partial charge in [0.2, 0.25) is 0 Å². The van der Waals surface area contributed by atoms with Crippen molar-refractivity contribution in [2.75, 3.05) is 0 Å². The quantitative estimate of drug-likeness (QED) is 0.311. The molecule has 6 heteroatoms. The van der Waals surface area contributed by atoms with Gasteiger partial charge >= 0.3 is 18.4 Å². The number of rotatable bonds is 5. The Hall–Kier alpha value is -1.43. The molecule has 0 aromatic heterocycles. The maximum absolute atomic E-state index is 10.6. The highest BCUT2D eigenvalue weighted by Crippen LogP contribution is 1.95. The third-order valence-corrected chi connectivity index (χ3v) is 1.14. The van der Waals surface area contributed by atoms with Gasteiger partial charge < -0.3 is 15.6 Å². The molecular weight excluding hydrogens is 166 g/mol. The molecule has 0 fully saturated rings. The van der Waals surface area contributed by atoms with Crippen LogP contribution in [0.3, 0.4) is 0 Å². The van der Waals surface area contributed by atoms with Crippen LogP contribution in [0.15, 0.2) is 0 Å². The van der Waals surface area contributed by atoms with Gasteiger partial charge in [-0.1, -0.05) is 0 Å². The number of ether oxygens (including phenoxy) is 1.